The van der Waals surface area contributed by atoms with E-state index in [-0.39, 0.29) is 12.6 Å². The Bertz CT molecular complexity index is 761. The van der Waals surface area contributed by atoms with E-state index < -0.39 is 0 Å². The molecule has 0 fully saturated rings. The molecule has 2 aromatic carbocycles. The lowest BCUT2D eigenvalue weighted by molar-refractivity contribution is 0.280. The highest BCUT2D eigenvalue weighted by atomic mass is 79.9. The van der Waals surface area contributed by atoms with Crippen LogP contribution in [0.25, 0.3) is 10.9 Å². The summed E-state index contributed by atoms with van der Waals surface area (Å²) in [4.78, 5) is 4.68. The molecule has 112 valence electrons. The summed E-state index contributed by atoms with van der Waals surface area (Å²) in [6.45, 7) is 0.129. The predicted octanol–water partition coefficient (Wildman–Crippen LogP) is 4.53. The molecule has 0 saturated heterocycles. The number of nitrogens with one attached hydrogen (secondary N) is 1. The number of hydrogen-bond donors (Lipinski definition) is 2. The fourth-order valence-electron chi connectivity index (χ4n) is 2.51. The molecule has 0 aliphatic rings. The zero-order chi connectivity index (χ0) is 15.4. The van der Waals surface area contributed by atoms with Crippen LogP contribution in [0.3, 0.4) is 0 Å². The number of anilines is 1. The van der Waals surface area contributed by atoms with Gasteiger partial charge in [-0.2, -0.15) is 0 Å². The number of fused-ring (bicyclic) bond motifs is 1. The summed E-state index contributed by atoms with van der Waals surface area (Å²) in [5, 5.41) is 13.8. The molecule has 0 aliphatic heterocycles. The molecular weight excluding hydrogens is 340 g/mol. The van der Waals surface area contributed by atoms with E-state index in [9.17, 15) is 5.11 Å². The highest BCUT2D eigenvalue weighted by Gasteiger charge is 2.11. The number of nitrogens with zero attached hydrogens (tertiary/aromatic N) is 1. The molecule has 0 bridgehead atoms. The van der Waals surface area contributed by atoms with Gasteiger partial charge in [0.05, 0.1) is 11.6 Å². The third kappa shape index (κ3) is 3.29. The van der Waals surface area contributed by atoms with Crippen molar-refractivity contribution in [1.82, 2.24) is 4.98 Å². The van der Waals surface area contributed by atoms with Gasteiger partial charge in [-0.15, -0.1) is 0 Å². The SMILES string of the molecule is OCC[C@@H](Nc1ccc2cccc(Br)c2n1)c1ccccc1. The molecule has 0 amide bonds. The Hall–Kier alpha value is -1.91. The first-order chi connectivity index (χ1) is 10.8. The second kappa shape index (κ2) is 6.90. The van der Waals surface area contributed by atoms with Gasteiger partial charge in [0.1, 0.15) is 5.82 Å². The van der Waals surface area contributed by atoms with Gasteiger partial charge in [-0.25, -0.2) is 4.98 Å². The lowest BCUT2D eigenvalue weighted by Crippen LogP contribution is -2.13. The van der Waals surface area contributed by atoms with Crippen LogP contribution in [-0.4, -0.2) is 16.7 Å². The van der Waals surface area contributed by atoms with E-state index in [4.69, 9.17) is 0 Å². The van der Waals surface area contributed by atoms with E-state index in [1.165, 1.54) is 0 Å². The van der Waals surface area contributed by atoms with E-state index >= 15 is 0 Å². The van der Waals surface area contributed by atoms with Gasteiger partial charge in [0.2, 0.25) is 0 Å². The van der Waals surface area contributed by atoms with Gasteiger partial charge in [-0.3, -0.25) is 0 Å². The third-order valence-electron chi connectivity index (χ3n) is 3.61. The van der Waals surface area contributed by atoms with Crippen molar-refractivity contribution in [2.24, 2.45) is 0 Å². The van der Waals surface area contributed by atoms with Gasteiger partial charge >= 0.3 is 0 Å². The lowest BCUT2D eigenvalue weighted by atomic mass is 10.0. The van der Waals surface area contributed by atoms with Gasteiger partial charge in [0.15, 0.2) is 0 Å². The van der Waals surface area contributed by atoms with Crippen LogP contribution in [0.2, 0.25) is 0 Å². The van der Waals surface area contributed by atoms with Crippen molar-refractivity contribution in [2.75, 3.05) is 11.9 Å². The summed E-state index contributed by atoms with van der Waals surface area (Å²) in [6.07, 6.45) is 0.639. The molecule has 1 heterocycles. The maximum atomic E-state index is 9.32. The average molecular weight is 357 g/mol. The van der Waals surface area contributed by atoms with Crippen molar-refractivity contribution in [3.05, 3.63) is 70.7 Å². The fourth-order valence-corrected chi connectivity index (χ4v) is 2.98. The van der Waals surface area contributed by atoms with Crippen molar-refractivity contribution < 1.29 is 5.11 Å². The number of pyridine rings is 1. The molecule has 2 N–H and O–H groups in total. The Labute approximate surface area is 138 Å². The zero-order valence-electron chi connectivity index (χ0n) is 12.0. The highest BCUT2D eigenvalue weighted by Crippen LogP contribution is 2.26. The Balaban J connectivity index is 1.91. The average Bonchev–Trinajstić information content (AvgIpc) is 2.56. The van der Waals surface area contributed by atoms with Crippen LogP contribution in [0.15, 0.2) is 65.1 Å². The van der Waals surface area contributed by atoms with Crippen molar-refractivity contribution >= 4 is 32.7 Å². The second-order valence-corrected chi connectivity index (χ2v) is 5.98. The summed E-state index contributed by atoms with van der Waals surface area (Å²) in [5.41, 5.74) is 2.08. The van der Waals surface area contributed by atoms with Crippen LogP contribution in [0.1, 0.15) is 18.0 Å². The summed E-state index contributed by atoms with van der Waals surface area (Å²) in [6, 6.07) is 20.2. The van der Waals surface area contributed by atoms with Crippen molar-refractivity contribution in [3.8, 4) is 0 Å². The van der Waals surface area contributed by atoms with Crippen molar-refractivity contribution in [1.29, 1.82) is 0 Å². The minimum Gasteiger partial charge on any atom is -0.396 e. The summed E-state index contributed by atoms with van der Waals surface area (Å²) >= 11 is 3.54. The van der Waals surface area contributed by atoms with Gasteiger partial charge in [0, 0.05) is 16.5 Å². The Morgan fingerprint density at radius 1 is 1.00 bits per heavy atom. The maximum absolute atomic E-state index is 9.32. The molecule has 0 radical (unpaired) electrons. The Morgan fingerprint density at radius 2 is 1.82 bits per heavy atom. The molecule has 4 heteroatoms. The number of rotatable bonds is 5. The quantitative estimate of drug-likeness (QED) is 0.705. The number of benzene rings is 2. The minimum atomic E-state index is 0.0404. The molecular formula is C18H17BrN2O. The standard InChI is InChI=1S/C18H17BrN2O/c19-15-8-4-7-14-9-10-17(21-18(14)15)20-16(11-12-22)13-5-2-1-3-6-13/h1-10,16,22H,11-12H2,(H,20,21)/t16-/m1/s1. The van der Waals surface area contributed by atoms with E-state index in [2.05, 4.69) is 44.4 Å². The number of hydrogen-bond acceptors (Lipinski definition) is 3. The molecule has 0 saturated carbocycles. The summed E-state index contributed by atoms with van der Waals surface area (Å²) in [7, 11) is 0. The summed E-state index contributed by atoms with van der Waals surface area (Å²) in [5.74, 6) is 0.807. The first-order valence-electron chi connectivity index (χ1n) is 7.25. The van der Waals surface area contributed by atoms with Crippen LogP contribution < -0.4 is 5.32 Å². The molecule has 1 aromatic heterocycles. The van der Waals surface area contributed by atoms with Crippen LogP contribution in [0.5, 0.6) is 0 Å². The molecule has 0 unspecified atom stereocenters. The highest BCUT2D eigenvalue weighted by molar-refractivity contribution is 9.10. The maximum Gasteiger partial charge on any atom is 0.127 e. The monoisotopic (exact) mass is 356 g/mol. The first kappa shape index (κ1) is 15.0. The smallest absolute Gasteiger partial charge is 0.127 e. The largest absolute Gasteiger partial charge is 0.396 e. The lowest BCUT2D eigenvalue weighted by Gasteiger charge is -2.19. The van der Waals surface area contributed by atoms with Crippen LogP contribution in [0, 0.1) is 0 Å². The number of halogens is 1. The van der Waals surface area contributed by atoms with Crippen molar-refractivity contribution in [3.63, 3.8) is 0 Å². The third-order valence-corrected chi connectivity index (χ3v) is 4.25. The Kier molecular flexibility index (Phi) is 4.71. The molecule has 3 nitrogen and oxygen atoms in total. The van der Waals surface area contributed by atoms with Gasteiger partial charge in [-0.05, 0) is 46.1 Å². The topological polar surface area (TPSA) is 45.1 Å². The zero-order valence-corrected chi connectivity index (χ0v) is 13.6. The van der Waals surface area contributed by atoms with E-state index in [1.54, 1.807) is 0 Å². The van der Waals surface area contributed by atoms with Gasteiger partial charge in [0.25, 0.3) is 0 Å². The number of aliphatic hydroxyl groups excluding tert-OH is 1. The van der Waals surface area contributed by atoms with E-state index in [0.29, 0.717) is 6.42 Å². The number of aliphatic hydroxyl groups is 1. The van der Waals surface area contributed by atoms with E-state index in [0.717, 1.165) is 26.8 Å². The molecule has 0 spiro atoms. The second-order valence-electron chi connectivity index (χ2n) is 5.13. The fraction of sp³-hybridized carbons (Fsp3) is 0.167. The molecule has 0 aliphatic carbocycles. The van der Waals surface area contributed by atoms with Crippen LogP contribution in [0.4, 0.5) is 5.82 Å². The Morgan fingerprint density at radius 3 is 2.59 bits per heavy atom. The van der Waals surface area contributed by atoms with E-state index in [1.807, 2.05) is 42.5 Å². The molecule has 1 atom stereocenters. The minimum absolute atomic E-state index is 0.0404. The van der Waals surface area contributed by atoms with Gasteiger partial charge in [-0.1, -0.05) is 42.5 Å². The number of para-hydroxylation sites is 1. The molecule has 3 rings (SSSR count). The van der Waals surface area contributed by atoms with Gasteiger partial charge < -0.3 is 10.4 Å². The normalized spacial score (nSPS) is 12.3. The van der Waals surface area contributed by atoms with Crippen LogP contribution >= 0.6 is 15.9 Å². The predicted molar refractivity (Wildman–Crippen MR) is 94.0 cm³/mol. The summed E-state index contributed by atoms with van der Waals surface area (Å²) < 4.78 is 0.979. The van der Waals surface area contributed by atoms with Crippen molar-refractivity contribution in [2.45, 2.75) is 12.5 Å². The number of aromatic nitrogens is 1. The molecule has 3 aromatic rings. The van der Waals surface area contributed by atoms with Crippen LogP contribution in [-0.2, 0) is 0 Å². The molecule has 22 heavy (non-hydrogen) atoms. The first-order valence-corrected chi connectivity index (χ1v) is 8.05.